The minimum atomic E-state index is -0.755. The Labute approximate surface area is 101 Å². The Kier molecular flexibility index (Phi) is 3.19. The zero-order chi connectivity index (χ0) is 12.4. The van der Waals surface area contributed by atoms with E-state index >= 15 is 0 Å². The van der Waals surface area contributed by atoms with Gasteiger partial charge < -0.3 is 0 Å². The Morgan fingerprint density at radius 3 is 2.82 bits per heavy atom. The Morgan fingerprint density at radius 2 is 2.18 bits per heavy atom. The highest BCUT2D eigenvalue weighted by atomic mass is 35.5. The van der Waals surface area contributed by atoms with Crippen molar-refractivity contribution in [3.05, 3.63) is 52.8 Å². The SMILES string of the molecule is O=C(Cn1cc(Cl)cn1)c1cc(F)ccc1F. The lowest BCUT2D eigenvalue weighted by Crippen LogP contribution is -2.12. The van der Waals surface area contributed by atoms with E-state index in [1.807, 2.05) is 0 Å². The van der Waals surface area contributed by atoms with E-state index in [0.717, 1.165) is 18.2 Å². The minimum Gasteiger partial charge on any atom is -0.292 e. The predicted octanol–water partition coefficient (Wildman–Crippen LogP) is 2.70. The highest BCUT2D eigenvalue weighted by Crippen LogP contribution is 2.12. The molecule has 0 saturated heterocycles. The van der Waals surface area contributed by atoms with Gasteiger partial charge in [-0.25, -0.2) is 8.78 Å². The van der Waals surface area contributed by atoms with Gasteiger partial charge in [0.25, 0.3) is 0 Å². The van der Waals surface area contributed by atoms with Crippen molar-refractivity contribution in [2.45, 2.75) is 6.54 Å². The number of halogens is 3. The standard InChI is InChI=1S/C11H7ClF2N2O/c12-7-4-15-16(5-7)6-11(17)9-3-8(13)1-2-10(9)14/h1-5H,6H2. The largest absolute Gasteiger partial charge is 0.292 e. The van der Waals surface area contributed by atoms with Crippen LogP contribution in [0.5, 0.6) is 0 Å². The third-order valence-corrected chi connectivity index (χ3v) is 2.33. The summed E-state index contributed by atoms with van der Waals surface area (Å²) < 4.78 is 27.4. The lowest BCUT2D eigenvalue weighted by molar-refractivity contribution is 0.0963. The molecular formula is C11H7ClF2N2O. The number of Topliss-reactive ketones (excluding diaryl/α,β-unsaturated/α-hetero) is 1. The van der Waals surface area contributed by atoms with Crippen LogP contribution in [0.25, 0.3) is 0 Å². The highest BCUT2D eigenvalue weighted by Gasteiger charge is 2.13. The molecule has 0 bridgehead atoms. The quantitative estimate of drug-likeness (QED) is 0.792. The normalized spacial score (nSPS) is 10.5. The predicted molar refractivity (Wildman–Crippen MR) is 57.9 cm³/mol. The van der Waals surface area contributed by atoms with Crippen LogP contribution in [0, 0.1) is 11.6 Å². The van der Waals surface area contributed by atoms with Crippen LogP contribution in [0.2, 0.25) is 5.02 Å². The number of aromatic nitrogens is 2. The van der Waals surface area contributed by atoms with Crippen LogP contribution in [0.4, 0.5) is 8.78 Å². The summed E-state index contributed by atoms with van der Waals surface area (Å²) in [6, 6.07) is 2.73. The van der Waals surface area contributed by atoms with Gasteiger partial charge in [-0.3, -0.25) is 9.48 Å². The van der Waals surface area contributed by atoms with E-state index in [1.165, 1.54) is 17.1 Å². The summed E-state index contributed by atoms with van der Waals surface area (Å²) in [4.78, 5) is 11.7. The van der Waals surface area contributed by atoms with Gasteiger partial charge in [0.05, 0.1) is 16.8 Å². The third-order valence-electron chi connectivity index (χ3n) is 2.14. The summed E-state index contributed by atoms with van der Waals surface area (Å²) >= 11 is 5.62. The average molecular weight is 257 g/mol. The summed E-state index contributed by atoms with van der Waals surface area (Å²) in [5.41, 5.74) is -0.295. The van der Waals surface area contributed by atoms with Crippen molar-refractivity contribution < 1.29 is 13.6 Å². The molecule has 3 nitrogen and oxygen atoms in total. The first-order chi connectivity index (χ1) is 8.06. The zero-order valence-electron chi connectivity index (χ0n) is 8.53. The molecule has 0 radical (unpaired) electrons. The molecule has 0 atom stereocenters. The van der Waals surface area contributed by atoms with E-state index in [-0.39, 0.29) is 12.1 Å². The van der Waals surface area contributed by atoms with Crippen molar-refractivity contribution >= 4 is 17.4 Å². The fourth-order valence-electron chi connectivity index (χ4n) is 1.37. The number of ketones is 1. The van der Waals surface area contributed by atoms with Gasteiger partial charge >= 0.3 is 0 Å². The molecule has 2 aromatic rings. The molecule has 88 valence electrons. The Balaban J connectivity index is 2.22. The maximum absolute atomic E-state index is 13.3. The van der Waals surface area contributed by atoms with Crippen LogP contribution < -0.4 is 0 Å². The number of nitrogens with zero attached hydrogens (tertiary/aromatic N) is 2. The highest BCUT2D eigenvalue weighted by molar-refractivity contribution is 6.30. The second kappa shape index (κ2) is 4.63. The molecule has 17 heavy (non-hydrogen) atoms. The van der Waals surface area contributed by atoms with Gasteiger partial charge in [0.15, 0.2) is 5.78 Å². The molecule has 2 rings (SSSR count). The van der Waals surface area contributed by atoms with Crippen molar-refractivity contribution in [3.63, 3.8) is 0 Å². The van der Waals surface area contributed by atoms with Crippen molar-refractivity contribution in [2.24, 2.45) is 0 Å². The van der Waals surface area contributed by atoms with Crippen molar-refractivity contribution in [1.29, 1.82) is 0 Å². The Bertz CT molecular complexity index is 568. The topological polar surface area (TPSA) is 34.9 Å². The molecule has 0 spiro atoms. The molecule has 1 heterocycles. The fraction of sp³-hybridized carbons (Fsp3) is 0.0909. The summed E-state index contributed by atoms with van der Waals surface area (Å²) in [5.74, 6) is -1.98. The van der Waals surface area contributed by atoms with Crippen molar-refractivity contribution in [1.82, 2.24) is 9.78 Å². The lowest BCUT2D eigenvalue weighted by Gasteiger charge is -2.03. The van der Waals surface area contributed by atoms with E-state index in [9.17, 15) is 13.6 Å². The molecule has 6 heteroatoms. The molecule has 0 aliphatic rings. The number of carbonyl (C=O) groups is 1. The summed E-state index contributed by atoms with van der Waals surface area (Å²) in [7, 11) is 0. The summed E-state index contributed by atoms with van der Waals surface area (Å²) in [5, 5.41) is 4.15. The van der Waals surface area contributed by atoms with Crippen LogP contribution in [0.3, 0.4) is 0 Å². The first-order valence-corrected chi connectivity index (χ1v) is 5.10. The second-order valence-electron chi connectivity index (χ2n) is 3.40. The van der Waals surface area contributed by atoms with E-state index in [4.69, 9.17) is 11.6 Å². The van der Waals surface area contributed by atoms with E-state index in [2.05, 4.69) is 5.10 Å². The second-order valence-corrected chi connectivity index (χ2v) is 3.84. The Morgan fingerprint density at radius 1 is 1.41 bits per heavy atom. The number of benzene rings is 1. The van der Waals surface area contributed by atoms with Crippen LogP contribution in [-0.4, -0.2) is 15.6 Å². The average Bonchev–Trinajstić information content (AvgIpc) is 2.67. The van der Waals surface area contributed by atoms with E-state index in [0.29, 0.717) is 5.02 Å². The van der Waals surface area contributed by atoms with Gasteiger partial charge in [0, 0.05) is 6.20 Å². The van der Waals surface area contributed by atoms with Gasteiger partial charge in [-0.2, -0.15) is 5.10 Å². The van der Waals surface area contributed by atoms with Crippen LogP contribution >= 0.6 is 11.6 Å². The number of hydrogen-bond donors (Lipinski definition) is 0. The monoisotopic (exact) mass is 256 g/mol. The van der Waals surface area contributed by atoms with Gasteiger partial charge in [0.2, 0.25) is 0 Å². The molecule has 0 amide bonds. The molecule has 1 aromatic heterocycles. The number of carbonyl (C=O) groups excluding carboxylic acids is 1. The molecular weight excluding hydrogens is 250 g/mol. The molecule has 0 aliphatic heterocycles. The fourth-order valence-corrected chi connectivity index (χ4v) is 1.52. The maximum atomic E-state index is 13.3. The first kappa shape index (κ1) is 11.7. The number of rotatable bonds is 3. The van der Waals surface area contributed by atoms with Gasteiger partial charge in [-0.05, 0) is 18.2 Å². The zero-order valence-corrected chi connectivity index (χ0v) is 9.29. The van der Waals surface area contributed by atoms with Gasteiger partial charge in [-0.1, -0.05) is 11.6 Å². The van der Waals surface area contributed by atoms with Gasteiger partial charge in [0.1, 0.15) is 18.2 Å². The molecule has 0 aliphatic carbocycles. The maximum Gasteiger partial charge on any atom is 0.187 e. The molecule has 0 unspecified atom stereocenters. The smallest absolute Gasteiger partial charge is 0.187 e. The van der Waals surface area contributed by atoms with Crippen LogP contribution in [-0.2, 0) is 6.54 Å². The molecule has 0 saturated carbocycles. The van der Waals surface area contributed by atoms with Gasteiger partial charge in [-0.15, -0.1) is 0 Å². The van der Waals surface area contributed by atoms with Crippen LogP contribution in [0.15, 0.2) is 30.6 Å². The van der Waals surface area contributed by atoms with Crippen LogP contribution in [0.1, 0.15) is 10.4 Å². The van der Waals surface area contributed by atoms with E-state index in [1.54, 1.807) is 0 Å². The third kappa shape index (κ3) is 2.68. The molecule has 0 fully saturated rings. The molecule has 0 N–H and O–H groups in total. The Hall–Kier alpha value is -1.75. The summed E-state index contributed by atoms with van der Waals surface area (Å²) in [6.45, 7) is -0.187. The lowest BCUT2D eigenvalue weighted by atomic mass is 10.1. The number of hydrogen-bond acceptors (Lipinski definition) is 2. The molecule has 1 aromatic carbocycles. The first-order valence-electron chi connectivity index (χ1n) is 4.72. The van der Waals surface area contributed by atoms with Crippen molar-refractivity contribution in [3.8, 4) is 0 Å². The van der Waals surface area contributed by atoms with E-state index < -0.39 is 17.4 Å². The minimum absolute atomic E-state index is 0.187. The van der Waals surface area contributed by atoms with Crippen molar-refractivity contribution in [2.75, 3.05) is 0 Å². The summed E-state index contributed by atoms with van der Waals surface area (Å²) in [6.07, 6.45) is 2.79.